The summed E-state index contributed by atoms with van der Waals surface area (Å²) in [6.45, 7) is 0. The fourth-order valence-electron chi connectivity index (χ4n) is 7.44. The van der Waals surface area contributed by atoms with Crippen molar-refractivity contribution in [1.82, 2.24) is 9.13 Å². The van der Waals surface area contributed by atoms with E-state index in [-0.39, 0.29) is 0 Å². The summed E-state index contributed by atoms with van der Waals surface area (Å²) < 4.78 is 4.43. The zero-order valence-electron chi connectivity index (χ0n) is 26.7. The van der Waals surface area contributed by atoms with Crippen LogP contribution in [0.25, 0.3) is 77.2 Å². The lowest BCUT2D eigenvalue weighted by molar-refractivity contribution is 1.18. The van der Waals surface area contributed by atoms with Gasteiger partial charge in [-0.25, -0.2) is 0 Å². The summed E-state index contributed by atoms with van der Waals surface area (Å²) >= 11 is 0. The minimum absolute atomic E-state index is 0.581. The molecule has 2 aromatic heterocycles. The molecule has 0 bridgehead atoms. The van der Waals surface area contributed by atoms with Crippen LogP contribution in [0.4, 0.5) is 0 Å². The highest BCUT2D eigenvalue weighted by Gasteiger charge is 2.19. The van der Waals surface area contributed by atoms with Gasteiger partial charge in [-0.15, -0.1) is 0 Å². The van der Waals surface area contributed by atoms with Gasteiger partial charge in [0.2, 0.25) is 0 Å². The molecular weight excluding hydrogens is 611 g/mol. The van der Waals surface area contributed by atoms with Crippen molar-refractivity contribution in [3.05, 3.63) is 168 Å². The average molecular weight is 636 g/mol. The fourth-order valence-corrected chi connectivity index (χ4v) is 7.44. The first-order chi connectivity index (χ1) is 24.7. The van der Waals surface area contributed by atoms with Crippen LogP contribution in [0.1, 0.15) is 16.7 Å². The highest BCUT2D eigenvalue weighted by Crippen LogP contribution is 2.39. The molecule has 0 aliphatic heterocycles. The van der Waals surface area contributed by atoms with Gasteiger partial charge in [-0.05, 0) is 77.9 Å². The van der Waals surface area contributed by atoms with Gasteiger partial charge in [-0.3, -0.25) is 0 Å². The molecule has 9 aromatic rings. The van der Waals surface area contributed by atoms with E-state index in [1.807, 2.05) is 78.9 Å². The fraction of sp³-hybridized carbons (Fsp3) is 0. The summed E-state index contributed by atoms with van der Waals surface area (Å²) in [6, 6.07) is 57.8. The van der Waals surface area contributed by atoms with E-state index >= 15 is 0 Å². The Kier molecular flexibility index (Phi) is 6.56. The Morgan fingerprint density at radius 2 is 1.06 bits per heavy atom. The number of para-hydroxylation sites is 3. The monoisotopic (exact) mass is 635 g/mol. The molecule has 0 spiro atoms. The van der Waals surface area contributed by atoms with Crippen molar-refractivity contribution in [3.8, 4) is 51.8 Å². The lowest BCUT2D eigenvalue weighted by Gasteiger charge is -2.16. The number of nitriles is 3. The predicted molar refractivity (Wildman–Crippen MR) is 200 cm³/mol. The molecule has 5 heteroatoms. The normalized spacial score (nSPS) is 11.1. The lowest BCUT2D eigenvalue weighted by atomic mass is 9.94. The molecule has 0 fully saturated rings. The molecule has 0 atom stereocenters. The van der Waals surface area contributed by atoms with Crippen LogP contribution in [0.2, 0.25) is 0 Å². The Morgan fingerprint density at radius 1 is 0.400 bits per heavy atom. The zero-order chi connectivity index (χ0) is 33.8. The summed E-state index contributed by atoms with van der Waals surface area (Å²) in [5.41, 5.74) is 11.6. The Morgan fingerprint density at radius 3 is 1.84 bits per heavy atom. The van der Waals surface area contributed by atoms with Crippen molar-refractivity contribution >= 4 is 43.6 Å². The van der Waals surface area contributed by atoms with Gasteiger partial charge in [0, 0.05) is 38.4 Å². The van der Waals surface area contributed by atoms with E-state index in [0.717, 1.165) is 77.2 Å². The lowest BCUT2D eigenvalue weighted by Crippen LogP contribution is -1.98. The number of benzene rings is 7. The molecule has 0 saturated heterocycles. The molecule has 0 amide bonds. The molecule has 230 valence electrons. The van der Waals surface area contributed by atoms with Crippen molar-refractivity contribution < 1.29 is 0 Å². The molecule has 2 heterocycles. The third-order valence-corrected chi connectivity index (χ3v) is 9.65. The van der Waals surface area contributed by atoms with Gasteiger partial charge in [-0.1, -0.05) is 84.9 Å². The quantitative estimate of drug-likeness (QED) is 0.193. The molecule has 0 radical (unpaired) electrons. The maximum Gasteiger partial charge on any atom is 0.0998 e. The van der Waals surface area contributed by atoms with Crippen LogP contribution < -0.4 is 0 Å². The van der Waals surface area contributed by atoms with E-state index in [9.17, 15) is 15.8 Å². The number of hydrogen-bond donors (Lipinski definition) is 0. The molecule has 0 aliphatic carbocycles. The van der Waals surface area contributed by atoms with E-state index in [4.69, 9.17) is 0 Å². The first-order valence-corrected chi connectivity index (χ1v) is 16.3. The first kappa shape index (κ1) is 28.8. The molecule has 0 N–H and O–H groups in total. The minimum Gasteiger partial charge on any atom is -0.309 e. The van der Waals surface area contributed by atoms with Crippen molar-refractivity contribution in [2.45, 2.75) is 0 Å². The second-order valence-electron chi connectivity index (χ2n) is 12.3. The molecule has 9 rings (SSSR count). The Labute approximate surface area is 287 Å². The number of nitrogens with zero attached hydrogens (tertiary/aromatic N) is 5. The summed E-state index contributed by atoms with van der Waals surface area (Å²) in [4.78, 5) is 0. The number of aromatic nitrogens is 2. The van der Waals surface area contributed by atoms with Crippen LogP contribution in [-0.2, 0) is 0 Å². The third kappa shape index (κ3) is 4.31. The largest absolute Gasteiger partial charge is 0.309 e. The standard InChI is InChI=1S/C45H25N5/c46-26-29-16-23-43-39(24-29)37-10-2-5-13-41(37)50(43)40-12-4-1-9-36(40)35-22-19-31(25-33(35)28-48)30-17-20-34(21-18-30)49-42-14-6-3-11-38(42)45-32(27-47)8-7-15-44(45)49/h1-25H. The van der Waals surface area contributed by atoms with Gasteiger partial charge in [0.15, 0.2) is 0 Å². The maximum atomic E-state index is 10.5. The number of fused-ring (bicyclic) bond motifs is 6. The number of rotatable bonds is 4. The number of hydrogen-bond acceptors (Lipinski definition) is 3. The average Bonchev–Trinajstić information content (AvgIpc) is 3.70. The van der Waals surface area contributed by atoms with Crippen molar-refractivity contribution in [1.29, 1.82) is 15.8 Å². The molecule has 5 nitrogen and oxygen atoms in total. The molecule has 0 unspecified atom stereocenters. The maximum absolute atomic E-state index is 10.5. The van der Waals surface area contributed by atoms with Crippen molar-refractivity contribution in [3.63, 3.8) is 0 Å². The van der Waals surface area contributed by atoms with Gasteiger partial charge < -0.3 is 9.13 Å². The van der Waals surface area contributed by atoms with Gasteiger partial charge in [0.1, 0.15) is 0 Å². The third-order valence-electron chi connectivity index (χ3n) is 9.65. The van der Waals surface area contributed by atoms with Crippen molar-refractivity contribution in [2.24, 2.45) is 0 Å². The second kappa shape index (κ2) is 11.4. The van der Waals surface area contributed by atoms with Gasteiger partial charge >= 0.3 is 0 Å². The predicted octanol–water partition coefficient (Wildman–Crippen LogP) is 10.8. The zero-order valence-corrected chi connectivity index (χ0v) is 26.7. The van der Waals surface area contributed by atoms with Gasteiger partial charge in [-0.2, -0.15) is 15.8 Å². The van der Waals surface area contributed by atoms with E-state index in [1.165, 1.54) is 0 Å². The molecule has 50 heavy (non-hydrogen) atoms. The van der Waals surface area contributed by atoms with Gasteiger partial charge in [0.05, 0.1) is 62.7 Å². The van der Waals surface area contributed by atoms with E-state index < -0.39 is 0 Å². The van der Waals surface area contributed by atoms with Crippen LogP contribution in [0.3, 0.4) is 0 Å². The highest BCUT2D eigenvalue weighted by atomic mass is 15.0. The van der Waals surface area contributed by atoms with Crippen LogP contribution in [0.15, 0.2) is 152 Å². The summed E-state index contributed by atoms with van der Waals surface area (Å²) in [5.74, 6) is 0. The minimum atomic E-state index is 0.581. The van der Waals surface area contributed by atoms with Crippen LogP contribution in [0.5, 0.6) is 0 Å². The summed E-state index contributed by atoms with van der Waals surface area (Å²) in [6.07, 6.45) is 0. The van der Waals surface area contributed by atoms with Crippen LogP contribution >= 0.6 is 0 Å². The Hall–Kier alpha value is -7.39. The molecule has 0 saturated carbocycles. The summed E-state index contributed by atoms with van der Waals surface area (Å²) in [7, 11) is 0. The topological polar surface area (TPSA) is 81.2 Å². The smallest absolute Gasteiger partial charge is 0.0998 e. The summed E-state index contributed by atoms with van der Waals surface area (Å²) in [5, 5.41) is 34.0. The van der Waals surface area contributed by atoms with E-state index in [0.29, 0.717) is 16.7 Å². The SMILES string of the molecule is N#Cc1ccc2c(c1)c1ccccc1n2-c1ccccc1-c1ccc(-c2ccc(-n3c4ccccc4c4c(C#N)cccc43)cc2)cc1C#N. The molecule has 7 aromatic carbocycles. The van der Waals surface area contributed by atoms with E-state index in [2.05, 4.69) is 100 Å². The first-order valence-electron chi connectivity index (χ1n) is 16.3. The highest BCUT2D eigenvalue weighted by molar-refractivity contribution is 6.12. The van der Waals surface area contributed by atoms with Crippen LogP contribution in [0, 0.1) is 34.0 Å². The van der Waals surface area contributed by atoms with Crippen LogP contribution in [-0.4, -0.2) is 9.13 Å². The van der Waals surface area contributed by atoms with Crippen molar-refractivity contribution in [2.75, 3.05) is 0 Å². The molecular formula is C45H25N5. The Balaban J connectivity index is 1.15. The Bertz CT molecular complexity index is 2960. The molecule has 0 aliphatic rings. The van der Waals surface area contributed by atoms with E-state index in [1.54, 1.807) is 0 Å². The second-order valence-corrected chi connectivity index (χ2v) is 12.3. The van der Waals surface area contributed by atoms with Gasteiger partial charge in [0.25, 0.3) is 0 Å².